The minimum Gasteiger partial charge on any atom is -0.474 e. The molecular weight excluding hydrogens is 196 g/mol. The highest BCUT2D eigenvalue weighted by molar-refractivity contribution is 6.87. The minimum atomic E-state index is -1.46. The number of carbonyl (C=O) groups excluding carboxylic acids is 1. The van der Waals surface area contributed by atoms with Gasteiger partial charge < -0.3 is 9.15 Å². The molecule has 1 aromatic heterocycles. The van der Waals surface area contributed by atoms with Crippen LogP contribution >= 0.6 is 0 Å². The zero-order valence-electron chi connectivity index (χ0n) is 9.09. The molecule has 0 aliphatic heterocycles. The van der Waals surface area contributed by atoms with Crippen molar-refractivity contribution in [2.24, 2.45) is 0 Å². The molecule has 78 valence electrons. The Morgan fingerprint density at radius 2 is 2.14 bits per heavy atom. The van der Waals surface area contributed by atoms with Crippen LogP contribution in [0.25, 0.3) is 0 Å². The number of hydrogen-bond acceptors (Lipinski definition) is 3. The lowest BCUT2D eigenvalue weighted by Gasteiger charge is -2.10. The van der Waals surface area contributed by atoms with E-state index in [2.05, 4.69) is 19.6 Å². The molecular formula is C10H16O3Si. The van der Waals surface area contributed by atoms with Gasteiger partial charge in [0, 0.05) is 0 Å². The molecule has 0 radical (unpaired) electrons. The minimum absolute atomic E-state index is 0.305. The van der Waals surface area contributed by atoms with Crippen LogP contribution in [0.2, 0.25) is 19.6 Å². The maximum absolute atomic E-state index is 11.3. The first kappa shape index (κ1) is 11.0. The molecule has 0 atom stereocenters. The lowest BCUT2D eigenvalue weighted by atomic mass is 10.3. The van der Waals surface area contributed by atoms with E-state index in [0.29, 0.717) is 12.2 Å². The van der Waals surface area contributed by atoms with Gasteiger partial charge in [0.2, 0.25) is 0 Å². The van der Waals surface area contributed by atoms with Crippen LogP contribution < -0.4 is 5.38 Å². The summed E-state index contributed by atoms with van der Waals surface area (Å²) < 4.78 is 10.2. The van der Waals surface area contributed by atoms with Crippen LogP contribution in [0.1, 0.15) is 17.3 Å². The van der Waals surface area contributed by atoms with E-state index < -0.39 is 8.07 Å². The highest BCUT2D eigenvalue weighted by Crippen LogP contribution is 2.07. The summed E-state index contributed by atoms with van der Waals surface area (Å²) >= 11 is 0. The highest BCUT2D eigenvalue weighted by atomic mass is 28.3. The summed E-state index contributed by atoms with van der Waals surface area (Å²) in [6.45, 7) is 8.69. The number of esters is 1. The molecule has 14 heavy (non-hydrogen) atoms. The van der Waals surface area contributed by atoms with Crippen LogP contribution in [0.4, 0.5) is 0 Å². The van der Waals surface area contributed by atoms with Crippen molar-refractivity contribution >= 4 is 19.4 Å². The first-order valence-corrected chi connectivity index (χ1v) is 8.21. The van der Waals surface area contributed by atoms with E-state index >= 15 is 0 Å². The molecule has 0 spiro atoms. The molecule has 0 unspecified atom stereocenters. The fourth-order valence-corrected chi connectivity index (χ4v) is 2.05. The third kappa shape index (κ3) is 2.48. The van der Waals surface area contributed by atoms with Gasteiger partial charge in [0.15, 0.2) is 0 Å². The van der Waals surface area contributed by atoms with Crippen LogP contribution in [-0.4, -0.2) is 20.7 Å². The van der Waals surface area contributed by atoms with Crippen molar-refractivity contribution in [2.75, 3.05) is 6.61 Å². The van der Waals surface area contributed by atoms with E-state index in [-0.39, 0.29) is 5.97 Å². The van der Waals surface area contributed by atoms with Gasteiger partial charge in [-0.2, -0.15) is 0 Å². The van der Waals surface area contributed by atoms with Gasteiger partial charge in [0.25, 0.3) is 0 Å². The van der Waals surface area contributed by atoms with Crippen molar-refractivity contribution in [3.8, 4) is 0 Å². The van der Waals surface area contributed by atoms with Gasteiger partial charge in [-0.1, -0.05) is 19.6 Å². The predicted octanol–water partition coefficient (Wildman–Crippen LogP) is 2.00. The summed E-state index contributed by atoms with van der Waals surface area (Å²) in [5, 5.41) is 0.931. The van der Waals surface area contributed by atoms with Crippen LogP contribution in [-0.2, 0) is 4.74 Å². The highest BCUT2D eigenvalue weighted by Gasteiger charge is 2.22. The first-order chi connectivity index (χ1) is 6.45. The number of furan rings is 1. The zero-order chi connectivity index (χ0) is 10.8. The maximum Gasteiger partial charge on any atom is 0.341 e. The number of rotatable bonds is 3. The summed E-state index contributed by atoms with van der Waals surface area (Å²) in [5.74, 6) is -0.305. The Labute approximate surface area is 85.1 Å². The largest absolute Gasteiger partial charge is 0.474 e. The Balaban J connectivity index is 2.83. The normalized spacial score (nSPS) is 11.4. The Hall–Kier alpha value is -1.03. The summed E-state index contributed by atoms with van der Waals surface area (Å²) in [6, 6.07) is 1.80. The molecule has 0 aliphatic carbocycles. The first-order valence-electron chi connectivity index (χ1n) is 4.71. The van der Waals surface area contributed by atoms with Gasteiger partial charge >= 0.3 is 5.97 Å². The van der Waals surface area contributed by atoms with Crippen molar-refractivity contribution in [2.45, 2.75) is 26.6 Å². The van der Waals surface area contributed by atoms with E-state index in [1.165, 1.54) is 6.26 Å². The summed E-state index contributed by atoms with van der Waals surface area (Å²) in [4.78, 5) is 11.3. The van der Waals surface area contributed by atoms with E-state index in [1.54, 1.807) is 13.0 Å². The average Bonchev–Trinajstić information content (AvgIpc) is 2.51. The molecule has 0 aromatic carbocycles. The summed E-state index contributed by atoms with van der Waals surface area (Å²) in [7, 11) is -1.46. The smallest absolute Gasteiger partial charge is 0.341 e. The Kier molecular flexibility index (Phi) is 3.16. The van der Waals surface area contributed by atoms with Gasteiger partial charge in [-0.3, -0.25) is 0 Å². The quantitative estimate of drug-likeness (QED) is 0.568. The fourth-order valence-electron chi connectivity index (χ4n) is 1.05. The van der Waals surface area contributed by atoms with Crippen molar-refractivity contribution in [3.05, 3.63) is 17.9 Å². The number of hydrogen-bond donors (Lipinski definition) is 0. The van der Waals surface area contributed by atoms with Gasteiger partial charge in [-0.05, 0) is 13.0 Å². The molecule has 3 nitrogen and oxygen atoms in total. The molecule has 1 heterocycles. The lowest BCUT2D eigenvalue weighted by Crippen LogP contribution is -2.36. The second kappa shape index (κ2) is 4.00. The van der Waals surface area contributed by atoms with E-state index in [0.717, 1.165) is 5.38 Å². The van der Waals surface area contributed by atoms with Crippen molar-refractivity contribution < 1.29 is 13.9 Å². The Morgan fingerprint density at radius 3 is 2.57 bits per heavy atom. The molecule has 0 aliphatic rings. The van der Waals surface area contributed by atoms with Crippen LogP contribution in [0.3, 0.4) is 0 Å². The van der Waals surface area contributed by atoms with Gasteiger partial charge in [0.1, 0.15) is 14.3 Å². The molecule has 0 fully saturated rings. The van der Waals surface area contributed by atoms with E-state index in [4.69, 9.17) is 9.15 Å². The molecule has 0 saturated carbocycles. The molecule has 1 rings (SSSR count). The van der Waals surface area contributed by atoms with Crippen LogP contribution in [0.15, 0.2) is 16.7 Å². The maximum atomic E-state index is 11.3. The van der Waals surface area contributed by atoms with Crippen molar-refractivity contribution in [1.29, 1.82) is 0 Å². The third-order valence-electron chi connectivity index (χ3n) is 1.85. The van der Waals surface area contributed by atoms with Crippen LogP contribution in [0, 0.1) is 0 Å². The summed E-state index contributed by atoms with van der Waals surface area (Å²) in [6.07, 6.45) is 1.48. The topological polar surface area (TPSA) is 39.4 Å². The van der Waals surface area contributed by atoms with Crippen molar-refractivity contribution in [1.82, 2.24) is 0 Å². The molecule has 0 amide bonds. The predicted molar refractivity (Wildman–Crippen MR) is 57.6 cm³/mol. The van der Waals surface area contributed by atoms with Gasteiger partial charge in [0.05, 0.1) is 17.6 Å². The lowest BCUT2D eigenvalue weighted by molar-refractivity contribution is 0.0525. The standard InChI is InChI=1S/C10H16O3Si/c1-5-12-10(11)8-6-9(13-7-8)14(2,3)4/h6-7H,5H2,1-4H3. The molecule has 0 saturated heterocycles. The Bertz CT molecular complexity index is 322. The van der Waals surface area contributed by atoms with Crippen molar-refractivity contribution in [3.63, 3.8) is 0 Å². The SMILES string of the molecule is CCOC(=O)c1coc([Si](C)(C)C)c1. The zero-order valence-corrected chi connectivity index (χ0v) is 10.1. The monoisotopic (exact) mass is 212 g/mol. The van der Waals surface area contributed by atoms with E-state index in [1.807, 2.05) is 0 Å². The molecule has 0 bridgehead atoms. The summed E-state index contributed by atoms with van der Waals surface area (Å²) in [5.41, 5.74) is 0.518. The Morgan fingerprint density at radius 1 is 1.50 bits per heavy atom. The third-order valence-corrected chi connectivity index (χ3v) is 3.59. The van der Waals surface area contributed by atoms with Crippen LogP contribution in [0.5, 0.6) is 0 Å². The molecule has 1 aromatic rings. The fraction of sp³-hybridized carbons (Fsp3) is 0.500. The van der Waals surface area contributed by atoms with Gasteiger partial charge in [-0.25, -0.2) is 4.79 Å². The van der Waals surface area contributed by atoms with Gasteiger partial charge in [-0.15, -0.1) is 0 Å². The van der Waals surface area contributed by atoms with E-state index in [9.17, 15) is 4.79 Å². The second-order valence-corrected chi connectivity index (χ2v) is 9.16. The molecule has 4 heteroatoms. The number of ether oxygens (including phenoxy) is 1. The average molecular weight is 212 g/mol. The molecule has 0 N–H and O–H groups in total. The second-order valence-electron chi connectivity index (χ2n) is 4.17. The number of carbonyl (C=O) groups is 1.